The van der Waals surface area contributed by atoms with Gasteiger partial charge in [-0.3, -0.25) is 9.59 Å². The van der Waals surface area contributed by atoms with Gasteiger partial charge in [-0.25, -0.2) is 4.79 Å². The zero-order valence-corrected chi connectivity index (χ0v) is 18.6. The number of carbonyl (C=O) groups excluding carboxylic acids is 2. The van der Waals surface area contributed by atoms with Crippen molar-refractivity contribution in [3.63, 3.8) is 0 Å². The van der Waals surface area contributed by atoms with Crippen LogP contribution in [0.5, 0.6) is 0 Å². The van der Waals surface area contributed by atoms with Gasteiger partial charge >= 0.3 is 12.1 Å². The highest BCUT2D eigenvalue weighted by atomic mass is 16.5. The largest absolute Gasteiger partial charge is 0.480 e. The van der Waals surface area contributed by atoms with Crippen LogP contribution in [0.4, 0.5) is 4.79 Å². The van der Waals surface area contributed by atoms with Crippen LogP contribution in [0.25, 0.3) is 11.1 Å². The maximum absolute atomic E-state index is 12.6. The Morgan fingerprint density at radius 3 is 2.06 bits per heavy atom. The second-order valence-electron chi connectivity index (χ2n) is 8.12. The molecule has 4 rings (SSSR count). The minimum absolute atomic E-state index is 0.0471. The Balaban J connectivity index is 1.30. The Labute approximate surface area is 198 Å². The van der Waals surface area contributed by atoms with Crippen LogP contribution in [0.3, 0.4) is 0 Å². The molecule has 174 valence electrons. The second-order valence-corrected chi connectivity index (χ2v) is 8.12. The van der Waals surface area contributed by atoms with E-state index in [2.05, 4.69) is 17.4 Å². The van der Waals surface area contributed by atoms with Crippen LogP contribution in [0.15, 0.2) is 78.9 Å². The third kappa shape index (κ3) is 5.43. The first-order valence-corrected chi connectivity index (χ1v) is 11.2. The molecular formula is C27H26N2O5. The number of carboxylic acid groups (broad SMARTS) is 1. The summed E-state index contributed by atoms with van der Waals surface area (Å²) < 4.78 is 5.49. The van der Waals surface area contributed by atoms with Crippen LogP contribution >= 0.6 is 0 Å². The maximum Gasteiger partial charge on any atom is 0.407 e. The number of carboxylic acids is 1. The summed E-state index contributed by atoms with van der Waals surface area (Å²) in [5.41, 5.74) is 5.33. The molecule has 1 aliphatic rings. The third-order valence-corrected chi connectivity index (χ3v) is 5.87. The van der Waals surface area contributed by atoms with E-state index in [-0.39, 0.29) is 37.9 Å². The van der Waals surface area contributed by atoms with E-state index in [0.717, 1.165) is 27.8 Å². The SMILES string of the molecule is O=C(O)CN(CCNC(=O)OCC1c2ccccc2-c2ccccc21)C(=O)Cc1ccccc1. The van der Waals surface area contributed by atoms with Crippen molar-refractivity contribution in [2.75, 3.05) is 26.2 Å². The first kappa shape index (κ1) is 23.0. The van der Waals surface area contributed by atoms with Crippen LogP contribution in [0, 0.1) is 0 Å². The standard InChI is InChI=1S/C27H26N2O5/c30-25(16-19-8-2-1-3-9-19)29(17-26(31)32)15-14-28-27(33)34-18-24-22-12-6-4-10-20(22)21-11-5-7-13-23(21)24/h1-13,24H,14-18H2,(H,28,33)(H,31,32). The van der Waals surface area contributed by atoms with Gasteiger partial charge in [0, 0.05) is 19.0 Å². The number of hydrogen-bond donors (Lipinski definition) is 2. The monoisotopic (exact) mass is 458 g/mol. The topological polar surface area (TPSA) is 95.9 Å². The van der Waals surface area contributed by atoms with Crippen molar-refractivity contribution < 1.29 is 24.2 Å². The number of rotatable bonds is 9. The molecule has 0 heterocycles. The predicted octanol–water partition coefficient (Wildman–Crippen LogP) is 3.68. The van der Waals surface area contributed by atoms with Gasteiger partial charge in [0.1, 0.15) is 13.2 Å². The van der Waals surface area contributed by atoms with E-state index in [1.54, 1.807) is 0 Å². The molecule has 0 atom stereocenters. The van der Waals surface area contributed by atoms with Crippen LogP contribution in [-0.2, 0) is 20.7 Å². The number of fused-ring (bicyclic) bond motifs is 3. The van der Waals surface area contributed by atoms with Crippen molar-refractivity contribution >= 4 is 18.0 Å². The van der Waals surface area contributed by atoms with Gasteiger partial charge in [-0.2, -0.15) is 0 Å². The molecule has 2 N–H and O–H groups in total. The normalized spacial score (nSPS) is 11.9. The zero-order valence-electron chi connectivity index (χ0n) is 18.6. The molecule has 0 saturated heterocycles. The molecule has 0 fully saturated rings. The van der Waals surface area contributed by atoms with Crippen molar-refractivity contribution in [3.05, 3.63) is 95.6 Å². The van der Waals surface area contributed by atoms with E-state index in [1.807, 2.05) is 66.7 Å². The van der Waals surface area contributed by atoms with Gasteiger partial charge < -0.3 is 20.1 Å². The molecule has 0 unspecified atom stereocenters. The highest BCUT2D eigenvalue weighted by molar-refractivity contribution is 5.83. The highest BCUT2D eigenvalue weighted by Gasteiger charge is 2.29. The van der Waals surface area contributed by atoms with Crippen molar-refractivity contribution in [1.29, 1.82) is 0 Å². The fourth-order valence-corrected chi connectivity index (χ4v) is 4.28. The van der Waals surface area contributed by atoms with Gasteiger partial charge in [-0.05, 0) is 27.8 Å². The Hall–Kier alpha value is -4.13. The summed E-state index contributed by atoms with van der Waals surface area (Å²) in [6.45, 7) is -0.0870. The van der Waals surface area contributed by atoms with Gasteiger partial charge in [-0.15, -0.1) is 0 Å². The van der Waals surface area contributed by atoms with E-state index in [0.29, 0.717) is 0 Å². The van der Waals surface area contributed by atoms with Crippen LogP contribution in [0.2, 0.25) is 0 Å². The summed E-state index contributed by atoms with van der Waals surface area (Å²) in [4.78, 5) is 37.3. The molecule has 3 aromatic rings. The van der Waals surface area contributed by atoms with Crippen molar-refractivity contribution in [2.24, 2.45) is 0 Å². The third-order valence-electron chi connectivity index (χ3n) is 5.87. The number of aliphatic carboxylic acids is 1. The molecule has 1 aliphatic carbocycles. The predicted molar refractivity (Wildman–Crippen MR) is 127 cm³/mol. The van der Waals surface area contributed by atoms with Gasteiger partial charge in [0.25, 0.3) is 0 Å². The summed E-state index contributed by atoms with van der Waals surface area (Å²) in [7, 11) is 0. The molecule has 0 aliphatic heterocycles. The quantitative estimate of drug-likeness (QED) is 0.510. The van der Waals surface area contributed by atoms with E-state index in [1.165, 1.54) is 4.90 Å². The molecule has 7 nitrogen and oxygen atoms in total. The van der Waals surface area contributed by atoms with E-state index >= 15 is 0 Å². The molecule has 3 aromatic carbocycles. The highest BCUT2D eigenvalue weighted by Crippen LogP contribution is 2.44. The molecule has 0 aromatic heterocycles. The van der Waals surface area contributed by atoms with Crippen LogP contribution in [-0.4, -0.2) is 54.2 Å². The van der Waals surface area contributed by atoms with E-state index in [9.17, 15) is 14.4 Å². The molecule has 0 bridgehead atoms. The number of hydrogen-bond acceptors (Lipinski definition) is 4. The number of benzene rings is 3. The van der Waals surface area contributed by atoms with Gasteiger partial charge in [-0.1, -0.05) is 78.9 Å². The van der Waals surface area contributed by atoms with Crippen LogP contribution in [0.1, 0.15) is 22.6 Å². The Bertz CT molecular complexity index is 1130. The van der Waals surface area contributed by atoms with Gasteiger partial charge in [0.15, 0.2) is 0 Å². The average Bonchev–Trinajstić information content (AvgIpc) is 3.16. The smallest absolute Gasteiger partial charge is 0.407 e. The first-order chi connectivity index (χ1) is 16.5. The lowest BCUT2D eigenvalue weighted by molar-refractivity contribution is -0.144. The molecule has 7 heteroatoms. The fraction of sp³-hybridized carbons (Fsp3) is 0.222. The number of carbonyl (C=O) groups is 3. The Kier molecular flexibility index (Phi) is 7.22. The zero-order chi connectivity index (χ0) is 23.9. The van der Waals surface area contributed by atoms with Crippen LogP contribution < -0.4 is 5.32 Å². The van der Waals surface area contributed by atoms with Gasteiger partial charge in [0.05, 0.1) is 6.42 Å². The average molecular weight is 459 g/mol. The summed E-state index contributed by atoms with van der Waals surface area (Å²) >= 11 is 0. The minimum Gasteiger partial charge on any atom is -0.480 e. The molecular weight excluding hydrogens is 432 g/mol. The summed E-state index contributed by atoms with van der Waals surface area (Å²) in [5, 5.41) is 11.8. The summed E-state index contributed by atoms with van der Waals surface area (Å²) in [6, 6.07) is 25.3. The first-order valence-electron chi connectivity index (χ1n) is 11.2. The van der Waals surface area contributed by atoms with Crippen molar-refractivity contribution in [1.82, 2.24) is 10.2 Å². The molecule has 0 saturated carbocycles. The summed E-state index contributed by atoms with van der Waals surface area (Å²) in [5.74, 6) is -1.47. The fourth-order valence-electron chi connectivity index (χ4n) is 4.28. The number of amides is 2. The maximum atomic E-state index is 12.6. The minimum atomic E-state index is -1.11. The molecule has 0 spiro atoms. The Morgan fingerprint density at radius 2 is 1.44 bits per heavy atom. The number of ether oxygens (including phenoxy) is 1. The number of alkyl carbamates (subject to hydrolysis) is 1. The second kappa shape index (κ2) is 10.7. The van der Waals surface area contributed by atoms with Crippen molar-refractivity contribution in [3.8, 4) is 11.1 Å². The van der Waals surface area contributed by atoms with Crippen molar-refractivity contribution in [2.45, 2.75) is 12.3 Å². The lowest BCUT2D eigenvalue weighted by atomic mass is 9.98. The number of nitrogens with zero attached hydrogens (tertiary/aromatic N) is 1. The number of nitrogens with one attached hydrogen (secondary N) is 1. The molecule has 2 amide bonds. The van der Waals surface area contributed by atoms with Gasteiger partial charge in [0.2, 0.25) is 5.91 Å². The van der Waals surface area contributed by atoms with E-state index < -0.39 is 18.6 Å². The Morgan fingerprint density at radius 1 is 0.853 bits per heavy atom. The lowest BCUT2D eigenvalue weighted by Crippen LogP contribution is -2.42. The molecule has 34 heavy (non-hydrogen) atoms. The molecule has 0 radical (unpaired) electrons. The summed E-state index contributed by atoms with van der Waals surface area (Å²) in [6.07, 6.45) is -0.508. The van der Waals surface area contributed by atoms with E-state index in [4.69, 9.17) is 9.84 Å². The lowest BCUT2D eigenvalue weighted by Gasteiger charge is -2.21.